The molecule has 1 aliphatic heterocycles. The van der Waals surface area contributed by atoms with Gasteiger partial charge >= 0.3 is 5.97 Å². The summed E-state index contributed by atoms with van der Waals surface area (Å²) in [4.78, 5) is 16.5. The molecule has 0 atom stereocenters. The summed E-state index contributed by atoms with van der Waals surface area (Å²) in [6.07, 6.45) is 8.63. The van der Waals surface area contributed by atoms with Gasteiger partial charge in [-0.25, -0.2) is 9.79 Å². The van der Waals surface area contributed by atoms with Gasteiger partial charge in [0.05, 0.1) is 10.0 Å². The number of nitrogens with zero attached hydrogens (tertiary/aromatic N) is 1. The van der Waals surface area contributed by atoms with Crippen molar-refractivity contribution in [2.24, 2.45) is 16.8 Å². The molecule has 2 aliphatic rings. The molecule has 0 aromatic heterocycles. The number of ether oxygens (including phenoxy) is 1. The van der Waals surface area contributed by atoms with E-state index in [1.165, 1.54) is 25.7 Å². The van der Waals surface area contributed by atoms with Crippen molar-refractivity contribution in [3.8, 4) is 0 Å². The number of halogens is 2. The Balaban J connectivity index is 1.74. The van der Waals surface area contributed by atoms with E-state index in [4.69, 9.17) is 27.9 Å². The smallest absolute Gasteiger partial charge is 0.363 e. The van der Waals surface area contributed by atoms with Gasteiger partial charge in [0.25, 0.3) is 0 Å². The predicted octanol–water partition coefficient (Wildman–Crippen LogP) is 5.90. The molecule has 0 unspecified atom stereocenters. The van der Waals surface area contributed by atoms with Crippen molar-refractivity contribution >= 4 is 41.1 Å². The highest BCUT2D eigenvalue weighted by molar-refractivity contribution is 6.43. The van der Waals surface area contributed by atoms with Gasteiger partial charge in [-0.3, -0.25) is 0 Å². The number of hydrogen-bond acceptors (Lipinski definition) is 3. The van der Waals surface area contributed by atoms with E-state index in [0.717, 1.165) is 18.8 Å². The largest absolute Gasteiger partial charge is 0.406 e. The molecule has 3 rings (SSSR count). The Bertz CT molecular complexity index is 689. The van der Waals surface area contributed by atoms with Crippen LogP contribution in [0.1, 0.15) is 51.0 Å². The monoisotopic (exact) mass is 365 g/mol. The van der Waals surface area contributed by atoms with E-state index in [9.17, 15) is 4.79 Å². The molecule has 0 spiro atoms. The van der Waals surface area contributed by atoms with Crippen LogP contribution in [0.25, 0.3) is 6.08 Å². The zero-order valence-corrected chi connectivity index (χ0v) is 15.2. The van der Waals surface area contributed by atoms with E-state index in [1.54, 1.807) is 24.3 Å². The van der Waals surface area contributed by atoms with Gasteiger partial charge in [0.2, 0.25) is 5.90 Å². The molecular weight excluding hydrogens is 345 g/mol. The zero-order chi connectivity index (χ0) is 17.1. The van der Waals surface area contributed by atoms with E-state index in [1.807, 2.05) is 0 Å². The van der Waals surface area contributed by atoms with Crippen LogP contribution < -0.4 is 0 Å². The van der Waals surface area contributed by atoms with E-state index in [-0.39, 0.29) is 5.92 Å². The van der Waals surface area contributed by atoms with Crippen molar-refractivity contribution in [2.75, 3.05) is 0 Å². The maximum absolute atomic E-state index is 12.1. The normalized spacial score (nSPS) is 25.7. The van der Waals surface area contributed by atoms with E-state index in [0.29, 0.717) is 27.2 Å². The van der Waals surface area contributed by atoms with Gasteiger partial charge in [0.15, 0.2) is 5.70 Å². The Kier molecular flexibility index (Phi) is 5.62. The minimum absolute atomic E-state index is 0.253. The molecule has 1 heterocycles. The summed E-state index contributed by atoms with van der Waals surface area (Å²) < 4.78 is 5.42. The molecule has 1 aromatic carbocycles. The lowest BCUT2D eigenvalue weighted by Crippen LogP contribution is -2.22. The topological polar surface area (TPSA) is 38.7 Å². The number of aliphatic imine (C=N–C) groups is 1. The van der Waals surface area contributed by atoms with Crippen molar-refractivity contribution in [2.45, 2.75) is 45.4 Å². The molecule has 1 saturated carbocycles. The van der Waals surface area contributed by atoms with Crippen LogP contribution in [0, 0.1) is 11.8 Å². The Hall–Kier alpha value is -1.32. The summed E-state index contributed by atoms with van der Waals surface area (Å²) in [5.74, 6) is 1.23. The van der Waals surface area contributed by atoms with Crippen molar-refractivity contribution in [1.82, 2.24) is 0 Å². The fourth-order valence-electron chi connectivity index (χ4n) is 3.49. The summed E-state index contributed by atoms with van der Waals surface area (Å²) in [6, 6.07) is 5.31. The molecule has 0 bridgehead atoms. The van der Waals surface area contributed by atoms with Gasteiger partial charge in [-0.15, -0.1) is 0 Å². The van der Waals surface area contributed by atoms with Crippen molar-refractivity contribution in [3.63, 3.8) is 0 Å². The lowest BCUT2D eigenvalue weighted by atomic mass is 9.80. The van der Waals surface area contributed by atoms with Crippen LogP contribution >= 0.6 is 23.2 Å². The Morgan fingerprint density at radius 2 is 2.00 bits per heavy atom. The average molecular weight is 366 g/mol. The second kappa shape index (κ2) is 7.71. The van der Waals surface area contributed by atoms with Crippen molar-refractivity contribution in [1.29, 1.82) is 0 Å². The van der Waals surface area contributed by atoms with Crippen LogP contribution in [-0.4, -0.2) is 11.9 Å². The second-order valence-electron chi connectivity index (χ2n) is 6.52. The molecule has 0 amide bonds. The maximum atomic E-state index is 12.1. The van der Waals surface area contributed by atoms with Crippen LogP contribution in [0.15, 0.2) is 28.9 Å². The van der Waals surface area contributed by atoms with E-state index in [2.05, 4.69) is 11.9 Å². The third-order valence-corrected chi connectivity index (χ3v) is 5.64. The second-order valence-corrected chi connectivity index (χ2v) is 7.30. The molecule has 128 valence electrons. The predicted molar refractivity (Wildman–Crippen MR) is 98.3 cm³/mol. The standard InChI is InChI=1S/C19H21Cl2NO2/c1-2-4-12-7-9-13(10-8-12)18-22-16(19(23)24-18)11-14-5-3-6-15(20)17(14)21/h3,5-6,11-13H,2,4,7-10H2,1H3. The van der Waals surface area contributed by atoms with Crippen molar-refractivity contribution in [3.05, 3.63) is 39.5 Å². The summed E-state index contributed by atoms with van der Waals surface area (Å²) >= 11 is 12.2. The first-order valence-electron chi connectivity index (χ1n) is 8.55. The Morgan fingerprint density at radius 1 is 1.25 bits per heavy atom. The van der Waals surface area contributed by atoms with Crippen LogP contribution in [-0.2, 0) is 9.53 Å². The van der Waals surface area contributed by atoms with Gasteiger partial charge in [0.1, 0.15) is 0 Å². The Morgan fingerprint density at radius 3 is 2.71 bits per heavy atom. The number of benzene rings is 1. The SMILES string of the molecule is CCCC1CCC(C2=NC(=Cc3cccc(Cl)c3Cl)C(=O)O2)CC1. The maximum Gasteiger partial charge on any atom is 0.363 e. The summed E-state index contributed by atoms with van der Waals surface area (Å²) in [5, 5.41) is 0.874. The molecule has 24 heavy (non-hydrogen) atoms. The summed E-state index contributed by atoms with van der Waals surface area (Å²) in [7, 11) is 0. The van der Waals surface area contributed by atoms with Gasteiger partial charge < -0.3 is 4.74 Å². The average Bonchev–Trinajstić information content (AvgIpc) is 2.94. The van der Waals surface area contributed by atoms with Gasteiger partial charge in [-0.05, 0) is 49.3 Å². The minimum Gasteiger partial charge on any atom is -0.406 e. The Labute approximate surface area is 152 Å². The molecule has 0 N–H and O–H groups in total. The van der Waals surface area contributed by atoms with Crippen molar-refractivity contribution < 1.29 is 9.53 Å². The number of rotatable bonds is 4. The quantitative estimate of drug-likeness (QED) is 0.492. The first-order valence-corrected chi connectivity index (χ1v) is 9.30. The zero-order valence-electron chi connectivity index (χ0n) is 13.7. The lowest BCUT2D eigenvalue weighted by Gasteiger charge is -2.27. The third-order valence-electron chi connectivity index (χ3n) is 4.80. The molecule has 5 heteroatoms. The number of hydrogen-bond donors (Lipinski definition) is 0. The molecule has 0 radical (unpaired) electrons. The van der Waals surface area contributed by atoms with Crippen LogP contribution in [0.3, 0.4) is 0 Å². The van der Waals surface area contributed by atoms with E-state index < -0.39 is 5.97 Å². The molecule has 1 fully saturated rings. The van der Waals surface area contributed by atoms with Crippen LogP contribution in [0.5, 0.6) is 0 Å². The number of carbonyl (C=O) groups is 1. The highest BCUT2D eigenvalue weighted by atomic mass is 35.5. The lowest BCUT2D eigenvalue weighted by molar-refractivity contribution is -0.130. The van der Waals surface area contributed by atoms with Gasteiger partial charge in [0, 0.05) is 5.92 Å². The highest BCUT2D eigenvalue weighted by Gasteiger charge is 2.32. The van der Waals surface area contributed by atoms with Crippen LogP contribution in [0.2, 0.25) is 10.0 Å². The molecule has 0 saturated heterocycles. The van der Waals surface area contributed by atoms with Gasteiger partial charge in [-0.1, -0.05) is 55.1 Å². The third kappa shape index (κ3) is 3.84. The first-order chi connectivity index (χ1) is 11.6. The molecule has 1 aliphatic carbocycles. The van der Waals surface area contributed by atoms with Crippen LogP contribution in [0.4, 0.5) is 0 Å². The summed E-state index contributed by atoms with van der Waals surface area (Å²) in [6.45, 7) is 2.23. The molecule has 3 nitrogen and oxygen atoms in total. The van der Waals surface area contributed by atoms with Gasteiger partial charge in [-0.2, -0.15) is 0 Å². The highest BCUT2D eigenvalue weighted by Crippen LogP contribution is 2.35. The fraction of sp³-hybridized carbons (Fsp3) is 0.474. The number of cyclic esters (lactones) is 1. The summed E-state index contributed by atoms with van der Waals surface area (Å²) in [5.41, 5.74) is 0.970. The minimum atomic E-state index is -0.406. The van der Waals surface area contributed by atoms with E-state index >= 15 is 0 Å². The molecular formula is C19H21Cl2NO2. The number of carbonyl (C=O) groups excluding carboxylic acids is 1. The molecule has 1 aromatic rings. The fourth-order valence-corrected chi connectivity index (χ4v) is 3.85. The number of esters is 1. The first kappa shape index (κ1) is 17.5.